The molecule has 0 amide bonds. The van der Waals surface area contributed by atoms with Gasteiger partial charge in [0.1, 0.15) is 0 Å². The van der Waals surface area contributed by atoms with Crippen LogP contribution in [0.2, 0.25) is 0 Å². The molecule has 2 heteroatoms. The summed E-state index contributed by atoms with van der Waals surface area (Å²) in [5.74, 6) is 3.91. The molecule has 0 aromatic heterocycles. The summed E-state index contributed by atoms with van der Waals surface area (Å²) in [5.41, 5.74) is 1.30. The molecule has 5 unspecified atom stereocenters. The van der Waals surface area contributed by atoms with Gasteiger partial charge in [0.15, 0.2) is 0 Å². The van der Waals surface area contributed by atoms with Gasteiger partial charge in [0.25, 0.3) is 0 Å². The number of fused-ring (bicyclic) bond motifs is 2. The fourth-order valence-corrected chi connectivity index (χ4v) is 6.12. The summed E-state index contributed by atoms with van der Waals surface area (Å²) in [7, 11) is 0. The highest BCUT2D eigenvalue weighted by Crippen LogP contribution is 2.67. The Bertz CT molecular complexity index is 464. The van der Waals surface area contributed by atoms with Crippen LogP contribution in [0.5, 0.6) is 0 Å². The second-order valence-corrected chi connectivity index (χ2v) is 11.8. The standard InChI is InChI=1S/C11H20.C7H14.C6H12O.C4H8O.H2/c1-8-7-9-5-6-11(8,4)10(9,2)3;1-7-5-3-2-4-6-7;1-2-6-3-4-7-5-6;1-2-4-3-5-4;/h8-9H,5-7H2,1-4H3;7H,2-6H2,1H3;6H,2-5H2,1H3;4H,2-3H2,1H3;1H. The second-order valence-electron chi connectivity index (χ2n) is 11.8. The van der Waals surface area contributed by atoms with Crippen LogP contribution in [0.1, 0.15) is 121 Å². The molecular weight excluding hydrogens is 368 g/mol. The zero-order chi connectivity index (χ0) is 22.2. The van der Waals surface area contributed by atoms with Crippen molar-refractivity contribution in [3.8, 4) is 0 Å². The summed E-state index contributed by atoms with van der Waals surface area (Å²) in [6, 6.07) is 0. The number of hydrogen-bond donors (Lipinski definition) is 0. The molecule has 30 heavy (non-hydrogen) atoms. The van der Waals surface area contributed by atoms with Crippen LogP contribution in [0.15, 0.2) is 0 Å². The fraction of sp³-hybridized carbons (Fsp3) is 1.00. The fourth-order valence-electron chi connectivity index (χ4n) is 6.12. The van der Waals surface area contributed by atoms with Gasteiger partial charge in [-0.05, 0) is 66.6 Å². The second kappa shape index (κ2) is 12.2. The lowest BCUT2D eigenvalue weighted by molar-refractivity contribution is 0.112. The van der Waals surface area contributed by atoms with Crippen molar-refractivity contribution >= 4 is 0 Å². The van der Waals surface area contributed by atoms with Crippen LogP contribution in [0.25, 0.3) is 0 Å². The van der Waals surface area contributed by atoms with Crippen molar-refractivity contribution in [3.63, 3.8) is 0 Å². The van der Waals surface area contributed by atoms with Crippen LogP contribution in [0.4, 0.5) is 0 Å². The number of ether oxygens (including phenoxy) is 2. The highest BCUT2D eigenvalue weighted by molar-refractivity contribution is 5.08. The Kier molecular flexibility index (Phi) is 10.7. The van der Waals surface area contributed by atoms with Crippen molar-refractivity contribution in [3.05, 3.63) is 0 Å². The molecule has 2 nitrogen and oxygen atoms in total. The van der Waals surface area contributed by atoms with Gasteiger partial charge >= 0.3 is 0 Å². The highest BCUT2D eigenvalue weighted by atomic mass is 16.6. The van der Waals surface area contributed by atoms with E-state index in [1.165, 1.54) is 70.6 Å². The first kappa shape index (κ1) is 26.2. The summed E-state index contributed by atoms with van der Waals surface area (Å²) in [5, 5.41) is 0. The van der Waals surface area contributed by atoms with Crippen LogP contribution in [0.3, 0.4) is 0 Å². The minimum atomic E-state index is 0. The number of hydrogen-bond acceptors (Lipinski definition) is 2. The maximum Gasteiger partial charge on any atom is 0.0807 e. The Morgan fingerprint density at radius 2 is 1.53 bits per heavy atom. The lowest BCUT2D eigenvalue weighted by Crippen LogP contribution is -2.30. The minimum absolute atomic E-state index is 0. The van der Waals surface area contributed by atoms with Crippen LogP contribution in [0, 0.1) is 34.5 Å². The number of epoxide rings is 1. The first-order valence-corrected chi connectivity index (χ1v) is 13.4. The molecule has 5 aliphatic rings. The van der Waals surface area contributed by atoms with Crippen molar-refractivity contribution in [1.82, 2.24) is 0 Å². The predicted octanol–water partition coefficient (Wildman–Crippen LogP) is 8.53. The molecular formula is C28H56O2. The summed E-state index contributed by atoms with van der Waals surface area (Å²) < 4.78 is 10.0. The van der Waals surface area contributed by atoms with E-state index in [9.17, 15) is 0 Å². The average molecular weight is 425 g/mol. The van der Waals surface area contributed by atoms with E-state index in [4.69, 9.17) is 9.47 Å². The number of rotatable bonds is 2. The molecule has 2 bridgehead atoms. The molecule has 180 valence electrons. The Hall–Kier alpha value is -0.0800. The molecule has 3 aliphatic carbocycles. The molecule has 0 N–H and O–H groups in total. The largest absolute Gasteiger partial charge is 0.381 e. The quantitative estimate of drug-likeness (QED) is 0.414. The maximum atomic E-state index is 5.15. The lowest BCUT2D eigenvalue weighted by atomic mass is 9.67. The highest BCUT2D eigenvalue weighted by Gasteiger charge is 2.59. The summed E-state index contributed by atoms with van der Waals surface area (Å²) in [6.07, 6.45) is 16.3. The van der Waals surface area contributed by atoms with Crippen LogP contribution < -0.4 is 0 Å². The molecule has 0 aromatic carbocycles. The molecule has 5 rings (SSSR count). The van der Waals surface area contributed by atoms with E-state index >= 15 is 0 Å². The molecule has 0 spiro atoms. The first-order chi connectivity index (χ1) is 14.2. The van der Waals surface area contributed by atoms with Gasteiger partial charge in [-0.15, -0.1) is 0 Å². The molecule has 2 aliphatic heterocycles. The molecule has 3 saturated carbocycles. The van der Waals surface area contributed by atoms with Gasteiger partial charge < -0.3 is 9.47 Å². The Morgan fingerprint density at radius 3 is 1.73 bits per heavy atom. The summed E-state index contributed by atoms with van der Waals surface area (Å²) in [6.45, 7) is 19.6. The van der Waals surface area contributed by atoms with Gasteiger partial charge in [0.2, 0.25) is 0 Å². The van der Waals surface area contributed by atoms with Crippen LogP contribution in [-0.2, 0) is 9.47 Å². The molecule has 2 saturated heterocycles. The SMILES string of the molecule is CC1CC2CCC1(C)C2(C)C.CC1CCCCC1.CCC1CCOC1.CCC1CO1.[HH]. The van der Waals surface area contributed by atoms with Gasteiger partial charge in [-0.1, -0.05) is 87.0 Å². The molecule has 0 aromatic rings. The van der Waals surface area contributed by atoms with E-state index in [0.29, 0.717) is 16.9 Å². The van der Waals surface area contributed by atoms with Crippen molar-refractivity contribution in [2.24, 2.45) is 34.5 Å². The lowest BCUT2D eigenvalue weighted by Gasteiger charge is -2.37. The van der Waals surface area contributed by atoms with Crippen molar-refractivity contribution in [2.45, 2.75) is 125 Å². The molecule has 5 fully saturated rings. The maximum absolute atomic E-state index is 5.15. The minimum Gasteiger partial charge on any atom is -0.381 e. The predicted molar refractivity (Wildman–Crippen MR) is 132 cm³/mol. The normalized spacial score (nSPS) is 38.5. The van der Waals surface area contributed by atoms with Crippen molar-refractivity contribution < 1.29 is 10.9 Å². The third kappa shape index (κ3) is 7.22. The average Bonchev–Trinajstić information content (AvgIpc) is 3.34. The summed E-state index contributed by atoms with van der Waals surface area (Å²) >= 11 is 0. The Balaban J connectivity index is 0.000000213. The van der Waals surface area contributed by atoms with Gasteiger partial charge in [0.05, 0.1) is 12.7 Å². The van der Waals surface area contributed by atoms with Gasteiger partial charge in [-0.2, -0.15) is 0 Å². The molecule has 2 heterocycles. The Labute approximate surface area is 190 Å². The van der Waals surface area contributed by atoms with E-state index < -0.39 is 0 Å². The van der Waals surface area contributed by atoms with Crippen LogP contribution >= 0.6 is 0 Å². The van der Waals surface area contributed by atoms with E-state index in [1.807, 2.05) is 0 Å². The van der Waals surface area contributed by atoms with Gasteiger partial charge in [-0.3, -0.25) is 0 Å². The zero-order valence-corrected chi connectivity index (χ0v) is 21.6. The Morgan fingerprint density at radius 1 is 0.867 bits per heavy atom. The monoisotopic (exact) mass is 424 g/mol. The molecule has 5 atom stereocenters. The van der Waals surface area contributed by atoms with E-state index in [1.54, 1.807) is 0 Å². The van der Waals surface area contributed by atoms with E-state index in [2.05, 4.69) is 48.5 Å². The van der Waals surface area contributed by atoms with Gasteiger partial charge in [0, 0.05) is 14.6 Å². The van der Waals surface area contributed by atoms with E-state index in [0.717, 1.165) is 43.5 Å². The third-order valence-corrected chi connectivity index (χ3v) is 9.58. The first-order valence-electron chi connectivity index (χ1n) is 13.4. The van der Waals surface area contributed by atoms with Gasteiger partial charge in [-0.25, -0.2) is 0 Å². The topological polar surface area (TPSA) is 21.8 Å². The smallest absolute Gasteiger partial charge is 0.0807 e. The van der Waals surface area contributed by atoms with Crippen LogP contribution in [-0.4, -0.2) is 25.9 Å². The third-order valence-electron chi connectivity index (χ3n) is 9.58. The van der Waals surface area contributed by atoms with Crippen molar-refractivity contribution in [2.75, 3.05) is 19.8 Å². The van der Waals surface area contributed by atoms with Crippen molar-refractivity contribution in [1.29, 1.82) is 0 Å². The van der Waals surface area contributed by atoms with E-state index in [-0.39, 0.29) is 1.43 Å². The zero-order valence-electron chi connectivity index (χ0n) is 21.6. The molecule has 0 radical (unpaired) electrons. The summed E-state index contributed by atoms with van der Waals surface area (Å²) in [4.78, 5) is 0.